The zero-order chi connectivity index (χ0) is 21.3. The summed E-state index contributed by atoms with van der Waals surface area (Å²) in [7, 11) is 0. The summed E-state index contributed by atoms with van der Waals surface area (Å²) in [5.74, 6) is -0.771. The zero-order valence-electron chi connectivity index (χ0n) is 16.6. The van der Waals surface area contributed by atoms with Crippen molar-refractivity contribution < 1.29 is 14.7 Å². The van der Waals surface area contributed by atoms with Crippen molar-refractivity contribution in [3.63, 3.8) is 0 Å². The number of amides is 1. The molecular weight excluding hydrogens is 398 g/mol. The molecule has 6 nitrogen and oxygen atoms in total. The Hall–Kier alpha value is -3.32. The number of aliphatic carboxylic acids is 1. The number of carbonyl (C=O) groups is 2. The Balaban J connectivity index is 1.92. The van der Waals surface area contributed by atoms with Crippen LogP contribution in [-0.2, 0) is 4.79 Å². The van der Waals surface area contributed by atoms with E-state index in [1.54, 1.807) is 30.4 Å². The van der Waals surface area contributed by atoms with Gasteiger partial charge in [-0.05, 0) is 53.3 Å². The van der Waals surface area contributed by atoms with E-state index in [2.05, 4.69) is 10.3 Å². The number of nitrogens with zero attached hydrogens (tertiary/aromatic N) is 2. The van der Waals surface area contributed by atoms with Crippen LogP contribution in [0.1, 0.15) is 22.3 Å². The average molecular weight is 422 g/mol. The molecule has 3 rings (SSSR count). The van der Waals surface area contributed by atoms with E-state index in [9.17, 15) is 14.7 Å². The molecule has 0 bridgehead atoms. The summed E-state index contributed by atoms with van der Waals surface area (Å²) >= 11 is 1.55. The molecule has 0 unspecified atom stereocenters. The lowest BCUT2D eigenvalue weighted by atomic mass is 9.96. The average Bonchev–Trinajstić information content (AvgIpc) is 3.29. The van der Waals surface area contributed by atoms with Gasteiger partial charge in [-0.15, -0.1) is 0 Å². The first kappa shape index (κ1) is 21.4. The number of hydrogen-bond acceptors (Lipinski definition) is 4. The molecule has 1 atom stereocenters. The lowest BCUT2D eigenvalue weighted by Gasteiger charge is -2.16. The fourth-order valence-corrected chi connectivity index (χ4v) is 3.45. The van der Waals surface area contributed by atoms with Gasteiger partial charge in [0.1, 0.15) is 6.04 Å². The summed E-state index contributed by atoms with van der Waals surface area (Å²) in [5, 5.41) is 12.1. The summed E-state index contributed by atoms with van der Waals surface area (Å²) in [4.78, 5) is 28.5. The number of imidazole rings is 1. The van der Waals surface area contributed by atoms with Gasteiger partial charge in [0.2, 0.25) is 0 Å². The van der Waals surface area contributed by atoms with Crippen LogP contribution in [0.5, 0.6) is 0 Å². The van der Waals surface area contributed by atoms with Gasteiger partial charge in [-0.25, -0.2) is 9.78 Å². The third-order valence-corrected chi connectivity index (χ3v) is 5.20. The van der Waals surface area contributed by atoms with Crippen LogP contribution in [0.25, 0.3) is 23.4 Å². The Morgan fingerprint density at radius 1 is 1.23 bits per heavy atom. The molecule has 7 heteroatoms. The highest BCUT2D eigenvalue weighted by Crippen LogP contribution is 2.26. The smallest absolute Gasteiger partial charge is 0.326 e. The SMILES string of the molecule is CSCC[C@H](NC(=O)c1ccc(/C=C/n2ccnc2)cc1-c1ccccc1)C(=O)O. The van der Waals surface area contributed by atoms with Crippen molar-refractivity contribution in [1.82, 2.24) is 14.9 Å². The van der Waals surface area contributed by atoms with Crippen LogP contribution >= 0.6 is 11.8 Å². The first-order chi connectivity index (χ1) is 14.6. The van der Waals surface area contributed by atoms with Crippen LogP contribution in [0.2, 0.25) is 0 Å². The van der Waals surface area contributed by atoms with Crippen molar-refractivity contribution in [2.45, 2.75) is 12.5 Å². The van der Waals surface area contributed by atoms with E-state index in [0.717, 1.165) is 16.7 Å². The lowest BCUT2D eigenvalue weighted by Crippen LogP contribution is -2.41. The molecule has 0 fully saturated rings. The molecule has 0 saturated heterocycles. The van der Waals surface area contributed by atoms with Crippen LogP contribution in [0.4, 0.5) is 0 Å². The molecule has 0 aliphatic carbocycles. The number of thioether (sulfide) groups is 1. The predicted molar refractivity (Wildman–Crippen MR) is 121 cm³/mol. The Bertz CT molecular complexity index is 1020. The summed E-state index contributed by atoms with van der Waals surface area (Å²) in [6, 6.07) is 14.2. The number of rotatable bonds is 9. The van der Waals surface area contributed by atoms with Crippen molar-refractivity contribution in [3.05, 3.63) is 78.4 Å². The highest BCUT2D eigenvalue weighted by molar-refractivity contribution is 7.98. The van der Waals surface area contributed by atoms with Gasteiger partial charge >= 0.3 is 5.97 Å². The van der Waals surface area contributed by atoms with E-state index < -0.39 is 17.9 Å². The van der Waals surface area contributed by atoms with Gasteiger partial charge < -0.3 is 15.0 Å². The second-order valence-corrected chi connectivity index (χ2v) is 7.63. The van der Waals surface area contributed by atoms with E-state index in [4.69, 9.17) is 0 Å². The maximum Gasteiger partial charge on any atom is 0.326 e. The highest BCUT2D eigenvalue weighted by atomic mass is 32.2. The second kappa shape index (κ2) is 10.5. The Morgan fingerprint density at radius 2 is 2.03 bits per heavy atom. The number of carbonyl (C=O) groups excluding carboxylic acids is 1. The Morgan fingerprint density at radius 3 is 2.70 bits per heavy atom. The summed E-state index contributed by atoms with van der Waals surface area (Å²) in [5.41, 5.74) is 2.99. The van der Waals surface area contributed by atoms with Crippen LogP contribution in [0.3, 0.4) is 0 Å². The Labute approximate surface area is 179 Å². The van der Waals surface area contributed by atoms with Crippen molar-refractivity contribution in [2.24, 2.45) is 0 Å². The number of carboxylic acid groups (broad SMARTS) is 1. The summed E-state index contributed by atoms with van der Waals surface area (Å²) in [6.45, 7) is 0. The molecule has 2 aromatic carbocycles. The molecule has 0 aliphatic rings. The third kappa shape index (κ3) is 5.61. The van der Waals surface area contributed by atoms with Crippen molar-refractivity contribution in [1.29, 1.82) is 0 Å². The second-order valence-electron chi connectivity index (χ2n) is 6.64. The molecular formula is C23H23N3O3S. The molecule has 1 aromatic heterocycles. The van der Waals surface area contributed by atoms with Crippen molar-refractivity contribution >= 4 is 35.9 Å². The molecule has 0 saturated carbocycles. The number of carboxylic acids is 1. The summed E-state index contributed by atoms with van der Waals surface area (Å²) in [6.07, 6.45) is 11.3. The van der Waals surface area contributed by atoms with E-state index in [0.29, 0.717) is 17.7 Å². The molecule has 0 aliphatic heterocycles. The molecule has 0 radical (unpaired) electrons. The largest absolute Gasteiger partial charge is 0.480 e. The molecule has 1 heterocycles. The van der Waals surface area contributed by atoms with Gasteiger partial charge in [-0.2, -0.15) is 11.8 Å². The molecule has 30 heavy (non-hydrogen) atoms. The zero-order valence-corrected chi connectivity index (χ0v) is 17.4. The lowest BCUT2D eigenvalue weighted by molar-refractivity contribution is -0.139. The third-order valence-electron chi connectivity index (χ3n) is 4.55. The molecule has 1 amide bonds. The molecule has 2 N–H and O–H groups in total. The minimum atomic E-state index is -1.03. The fraction of sp³-hybridized carbons (Fsp3) is 0.174. The van der Waals surface area contributed by atoms with Gasteiger partial charge in [0, 0.05) is 24.2 Å². The summed E-state index contributed by atoms with van der Waals surface area (Å²) < 4.78 is 1.83. The van der Waals surface area contributed by atoms with E-state index in [-0.39, 0.29) is 0 Å². The molecule has 3 aromatic rings. The van der Waals surface area contributed by atoms with Crippen molar-refractivity contribution in [3.8, 4) is 11.1 Å². The van der Waals surface area contributed by atoms with Crippen LogP contribution in [-0.4, -0.2) is 44.6 Å². The van der Waals surface area contributed by atoms with E-state index in [1.165, 1.54) is 0 Å². The molecule has 154 valence electrons. The van der Waals surface area contributed by atoms with Gasteiger partial charge in [-0.3, -0.25) is 4.79 Å². The normalized spacial score (nSPS) is 12.0. The predicted octanol–water partition coefficient (Wildman–Crippen LogP) is 4.11. The van der Waals surface area contributed by atoms with E-state index in [1.807, 2.05) is 71.8 Å². The van der Waals surface area contributed by atoms with Crippen LogP contribution in [0.15, 0.2) is 67.3 Å². The number of benzene rings is 2. The van der Waals surface area contributed by atoms with Gasteiger partial charge in [0.05, 0.1) is 6.33 Å². The van der Waals surface area contributed by atoms with Gasteiger partial charge in [0.15, 0.2) is 0 Å². The minimum absolute atomic E-state index is 0.370. The number of aromatic nitrogens is 2. The maximum atomic E-state index is 13.0. The fourth-order valence-electron chi connectivity index (χ4n) is 2.98. The van der Waals surface area contributed by atoms with E-state index >= 15 is 0 Å². The monoisotopic (exact) mass is 421 g/mol. The van der Waals surface area contributed by atoms with Crippen LogP contribution in [0, 0.1) is 0 Å². The first-order valence-corrected chi connectivity index (χ1v) is 10.9. The topological polar surface area (TPSA) is 84.2 Å². The van der Waals surface area contributed by atoms with Gasteiger partial charge in [-0.1, -0.05) is 36.4 Å². The van der Waals surface area contributed by atoms with Gasteiger partial charge in [0.25, 0.3) is 5.91 Å². The highest BCUT2D eigenvalue weighted by Gasteiger charge is 2.22. The van der Waals surface area contributed by atoms with Crippen molar-refractivity contribution in [2.75, 3.05) is 12.0 Å². The first-order valence-electron chi connectivity index (χ1n) is 9.46. The minimum Gasteiger partial charge on any atom is -0.480 e. The number of nitrogens with one attached hydrogen (secondary N) is 1. The Kier molecular flexibility index (Phi) is 7.45. The molecule has 0 spiro atoms. The van der Waals surface area contributed by atoms with Crippen LogP contribution < -0.4 is 5.32 Å². The maximum absolute atomic E-state index is 13.0. The standard InChI is InChI=1S/C23H23N3O3S/c1-30-14-10-21(23(28)29)25-22(27)19-8-7-17(9-12-26-13-11-24-16-26)15-20(19)18-5-3-2-4-6-18/h2-9,11-13,15-16,21H,10,14H2,1H3,(H,25,27)(H,28,29)/b12-9+/t21-/m0/s1. The quantitative estimate of drug-likeness (QED) is 0.543. The number of hydrogen-bond donors (Lipinski definition) is 2.